The standard InChI is InChI=1S/C26H17Br2IN2O3/c27-19-12-18(25(22(28)14-19)34-26(33)21-10-3-4-11-23(21)29)15-30-31-24(32)13-17-8-5-7-16-6-1-2-9-20(16)17/h1-12,14-15H,13H2,(H,31,32)/b30-15+. The molecule has 170 valence electrons. The van der Waals surface area contributed by atoms with E-state index in [1.165, 1.54) is 6.21 Å². The molecule has 0 radical (unpaired) electrons. The van der Waals surface area contributed by atoms with Crippen LogP contribution in [-0.4, -0.2) is 18.1 Å². The maximum absolute atomic E-state index is 12.7. The molecule has 4 aromatic carbocycles. The summed E-state index contributed by atoms with van der Waals surface area (Å²) in [6, 6.07) is 24.5. The van der Waals surface area contributed by atoms with Crippen molar-refractivity contribution in [3.63, 3.8) is 0 Å². The molecule has 0 aliphatic carbocycles. The van der Waals surface area contributed by atoms with Gasteiger partial charge in [0.05, 0.1) is 22.7 Å². The lowest BCUT2D eigenvalue weighted by Gasteiger charge is -2.11. The van der Waals surface area contributed by atoms with Crippen molar-refractivity contribution in [3.05, 3.63) is 108 Å². The van der Waals surface area contributed by atoms with E-state index in [4.69, 9.17) is 4.74 Å². The van der Waals surface area contributed by atoms with Crippen LogP contribution in [0.1, 0.15) is 21.5 Å². The lowest BCUT2D eigenvalue weighted by atomic mass is 10.0. The quantitative estimate of drug-likeness (QED) is 0.0789. The van der Waals surface area contributed by atoms with Gasteiger partial charge in [0.2, 0.25) is 5.91 Å². The van der Waals surface area contributed by atoms with Gasteiger partial charge in [0.15, 0.2) is 5.75 Å². The minimum Gasteiger partial charge on any atom is -0.421 e. The second-order valence-corrected chi connectivity index (χ2v) is 10.2. The third-order valence-corrected chi connectivity index (χ3v) is 6.94. The highest BCUT2D eigenvalue weighted by molar-refractivity contribution is 14.1. The van der Waals surface area contributed by atoms with E-state index in [9.17, 15) is 9.59 Å². The largest absolute Gasteiger partial charge is 0.421 e. The third-order valence-electron chi connectivity index (χ3n) is 4.95. The summed E-state index contributed by atoms with van der Waals surface area (Å²) in [6.45, 7) is 0. The van der Waals surface area contributed by atoms with Crippen molar-refractivity contribution < 1.29 is 14.3 Å². The Morgan fingerprint density at radius 1 is 0.971 bits per heavy atom. The van der Waals surface area contributed by atoms with E-state index in [0.717, 1.165) is 24.4 Å². The number of hydrazone groups is 1. The number of ether oxygens (including phenoxy) is 1. The van der Waals surface area contributed by atoms with Gasteiger partial charge < -0.3 is 4.74 Å². The van der Waals surface area contributed by atoms with Gasteiger partial charge in [-0.1, -0.05) is 70.5 Å². The fourth-order valence-electron chi connectivity index (χ4n) is 3.39. The van der Waals surface area contributed by atoms with Gasteiger partial charge in [-0.25, -0.2) is 10.2 Å². The van der Waals surface area contributed by atoms with Crippen LogP contribution in [0.2, 0.25) is 0 Å². The zero-order valence-corrected chi connectivity index (χ0v) is 22.9. The maximum atomic E-state index is 12.7. The summed E-state index contributed by atoms with van der Waals surface area (Å²) in [5.74, 6) is -0.429. The Hall–Kier alpha value is -2.56. The van der Waals surface area contributed by atoms with Crippen LogP contribution in [-0.2, 0) is 11.2 Å². The zero-order valence-electron chi connectivity index (χ0n) is 17.6. The Kier molecular flexibility index (Phi) is 8.12. The van der Waals surface area contributed by atoms with Crippen molar-refractivity contribution in [3.8, 4) is 5.75 Å². The minimum absolute atomic E-state index is 0.190. The molecule has 1 amide bonds. The normalized spacial score (nSPS) is 11.0. The fourth-order valence-corrected chi connectivity index (χ4v) is 5.34. The second kappa shape index (κ2) is 11.2. The van der Waals surface area contributed by atoms with Crippen LogP contribution in [0.25, 0.3) is 10.8 Å². The molecule has 0 aromatic heterocycles. The lowest BCUT2D eigenvalue weighted by Crippen LogP contribution is -2.20. The monoisotopic (exact) mass is 690 g/mol. The van der Waals surface area contributed by atoms with Gasteiger partial charge in [-0.05, 0) is 79.1 Å². The SMILES string of the molecule is O=C(Cc1cccc2ccccc12)N/N=C/c1cc(Br)cc(Br)c1OC(=O)c1ccccc1I. The molecule has 8 heteroatoms. The Morgan fingerprint density at radius 2 is 1.71 bits per heavy atom. The summed E-state index contributed by atoms with van der Waals surface area (Å²) in [5.41, 5.74) is 4.46. The van der Waals surface area contributed by atoms with Gasteiger partial charge in [0, 0.05) is 13.6 Å². The van der Waals surface area contributed by atoms with Crippen LogP contribution in [0.15, 0.2) is 92.9 Å². The molecule has 0 heterocycles. The number of carbonyl (C=O) groups excluding carboxylic acids is 2. The third kappa shape index (κ3) is 5.92. The molecule has 4 rings (SSSR count). The summed E-state index contributed by atoms with van der Waals surface area (Å²) < 4.78 is 7.81. The molecule has 0 unspecified atom stereocenters. The summed E-state index contributed by atoms with van der Waals surface area (Å²) in [4.78, 5) is 25.3. The van der Waals surface area contributed by atoms with Crippen LogP contribution in [0.3, 0.4) is 0 Å². The van der Waals surface area contributed by atoms with Gasteiger partial charge in [-0.3, -0.25) is 4.79 Å². The Bertz CT molecular complexity index is 1420. The summed E-state index contributed by atoms with van der Waals surface area (Å²) >= 11 is 8.98. The minimum atomic E-state index is -0.484. The van der Waals surface area contributed by atoms with Crippen molar-refractivity contribution >= 4 is 83.3 Å². The molecule has 0 aliphatic heterocycles. The lowest BCUT2D eigenvalue weighted by molar-refractivity contribution is -0.120. The van der Waals surface area contributed by atoms with Gasteiger partial charge in [0.25, 0.3) is 0 Å². The number of nitrogens with one attached hydrogen (secondary N) is 1. The Balaban J connectivity index is 1.51. The van der Waals surface area contributed by atoms with E-state index < -0.39 is 5.97 Å². The topological polar surface area (TPSA) is 67.8 Å². The molecule has 4 aromatic rings. The molecular formula is C26H17Br2IN2O3. The number of rotatable bonds is 6. The van der Waals surface area contributed by atoms with E-state index in [1.54, 1.807) is 24.3 Å². The van der Waals surface area contributed by atoms with E-state index >= 15 is 0 Å². The molecule has 34 heavy (non-hydrogen) atoms. The van der Waals surface area contributed by atoms with Crippen LogP contribution in [0, 0.1) is 3.57 Å². The van der Waals surface area contributed by atoms with Crippen molar-refractivity contribution in [2.24, 2.45) is 5.10 Å². The van der Waals surface area contributed by atoms with Crippen molar-refractivity contribution in [1.29, 1.82) is 0 Å². The summed E-state index contributed by atoms with van der Waals surface area (Å²) in [5, 5.41) is 6.21. The number of halogens is 3. The molecule has 0 bridgehead atoms. The molecule has 1 N–H and O–H groups in total. The molecular weight excluding hydrogens is 675 g/mol. The second-order valence-electron chi connectivity index (χ2n) is 7.28. The number of hydrogen-bond acceptors (Lipinski definition) is 4. The number of esters is 1. The number of carbonyl (C=O) groups is 2. The molecule has 0 fully saturated rings. The van der Waals surface area contributed by atoms with Crippen molar-refractivity contribution in [2.75, 3.05) is 0 Å². The Labute approximate surface area is 227 Å². The van der Waals surface area contributed by atoms with E-state index in [1.807, 2.05) is 54.6 Å². The van der Waals surface area contributed by atoms with E-state index in [2.05, 4.69) is 65.0 Å². The van der Waals surface area contributed by atoms with Crippen molar-refractivity contribution in [2.45, 2.75) is 6.42 Å². The zero-order chi connectivity index (χ0) is 24.1. The molecule has 0 spiro atoms. The summed E-state index contributed by atoms with van der Waals surface area (Å²) in [6.07, 6.45) is 1.64. The number of benzene rings is 4. The average Bonchev–Trinajstić information content (AvgIpc) is 2.81. The smallest absolute Gasteiger partial charge is 0.344 e. The fraction of sp³-hybridized carbons (Fsp3) is 0.0385. The molecule has 0 atom stereocenters. The van der Waals surface area contributed by atoms with Gasteiger partial charge in [-0.15, -0.1) is 0 Å². The number of amides is 1. The summed E-state index contributed by atoms with van der Waals surface area (Å²) in [7, 11) is 0. The van der Waals surface area contributed by atoms with Crippen LogP contribution < -0.4 is 10.2 Å². The number of fused-ring (bicyclic) bond motifs is 1. The predicted molar refractivity (Wildman–Crippen MR) is 149 cm³/mol. The van der Waals surface area contributed by atoms with Crippen LogP contribution >= 0.6 is 54.5 Å². The van der Waals surface area contributed by atoms with Gasteiger partial charge in [0.1, 0.15) is 0 Å². The first-order valence-electron chi connectivity index (χ1n) is 10.2. The number of hydrogen-bond donors (Lipinski definition) is 1. The molecule has 5 nitrogen and oxygen atoms in total. The van der Waals surface area contributed by atoms with Crippen LogP contribution in [0.4, 0.5) is 0 Å². The highest BCUT2D eigenvalue weighted by atomic mass is 127. The molecule has 0 saturated heterocycles. The highest BCUT2D eigenvalue weighted by Gasteiger charge is 2.17. The van der Waals surface area contributed by atoms with Gasteiger partial charge in [-0.2, -0.15) is 5.10 Å². The molecule has 0 aliphatic rings. The average molecular weight is 692 g/mol. The van der Waals surface area contributed by atoms with Crippen molar-refractivity contribution in [1.82, 2.24) is 5.43 Å². The predicted octanol–water partition coefficient (Wildman–Crippen LogP) is 6.88. The first-order chi connectivity index (χ1) is 16.4. The van der Waals surface area contributed by atoms with Gasteiger partial charge >= 0.3 is 5.97 Å². The molecule has 0 saturated carbocycles. The van der Waals surface area contributed by atoms with E-state index in [-0.39, 0.29) is 12.3 Å². The first-order valence-corrected chi connectivity index (χ1v) is 12.8. The highest BCUT2D eigenvalue weighted by Crippen LogP contribution is 2.33. The van der Waals surface area contributed by atoms with Crippen LogP contribution in [0.5, 0.6) is 5.75 Å². The maximum Gasteiger partial charge on any atom is 0.344 e. The number of nitrogens with zero attached hydrogens (tertiary/aromatic N) is 1. The Morgan fingerprint density at radius 3 is 2.53 bits per heavy atom. The van der Waals surface area contributed by atoms with E-state index in [0.29, 0.717) is 21.3 Å². The first kappa shape index (κ1) is 24.6.